The van der Waals surface area contributed by atoms with Gasteiger partial charge in [-0.2, -0.15) is 5.10 Å². The fourth-order valence-electron chi connectivity index (χ4n) is 5.02. The molecular formula is C27H22FN7O. The SMILES string of the molecule is Fc1cc2[nH]nc(-c3nc4c(-c5ccoc5)nccc4[nH]3)c2cc1-c1cncc(CN2CCCC2)c1. The predicted molar refractivity (Wildman–Crippen MR) is 134 cm³/mol. The number of aromatic amines is 2. The molecule has 0 amide bonds. The summed E-state index contributed by atoms with van der Waals surface area (Å²) >= 11 is 0. The molecule has 0 atom stereocenters. The third-order valence-corrected chi connectivity index (χ3v) is 6.78. The average Bonchev–Trinajstić information content (AvgIpc) is 3.70. The van der Waals surface area contributed by atoms with Gasteiger partial charge in [-0.1, -0.05) is 0 Å². The summed E-state index contributed by atoms with van der Waals surface area (Å²) in [6.07, 6.45) is 11.0. The summed E-state index contributed by atoms with van der Waals surface area (Å²) in [7, 11) is 0. The van der Waals surface area contributed by atoms with Gasteiger partial charge in [0.15, 0.2) is 5.82 Å². The molecule has 0 radical (unpaired) electrons. The summed E-state index contributed by atoms with van der Waals surface area (Å²) in [5.74, 6) is 0.251. The third-order valence-electron chi connectivity index (χ3n) is 6.78. The van der Waals surface area contributed by atoms with Gasteiger partial charge in [-0.05, 0) is 55.8 Å². The van der Waals surface area contributed by atoms with E-state index < -0.39 is 0 Å². The summed E-state index contributed by atoms with van der Waals surface area (Å²) in [6, 6.07) is 9.05. The van der Waals surface area contributed by atoms with Crippen LogP contribution in [0.4, 0.5) is 4.39 Å². The van der Waals surface area contributed by atoms with Crippen LogP contribution in [0.25, 0.3) is 55.8 Å². The summed E-state index contributed by atoms with van der Waals surface area (Å²) in [5, 5.41) is 8.19. The van der Waals surface area contributed by atoms with Crippen molar-refractivity contribution >= 4 is 21.9 Å². The Kier molecular flexibility index (Phi) is 4.88. The highest BCUT2D eigenvalue weighted by atomic mass is 19.1. The zero-order valence-corrected chi connectivity index (χ0v) is 19.3. The van der Waals surface area contributed by atoms with Gasteiger partial charge in [-0.25, -0.2) is 9.37 Å². The second-order valence-corrected chi connectivity index (χ2v) is 9.17. The maximum atomic E-state index is 15.2. The van der Waals surface area contributed by atoms with Gasteiger partial charge in [0.05, 0.1) is 23.6 Å². The van der Waals surface area contributed by atoms with Gasteiger partial charge < -0.3 is 9.40 Å². The van der Waals surface area contributed by atoms with Gasteiger partial charge in [0.2, 0.25) is 0 Å². The molecule has 8 nitrogen and oxygen atoms in total. The first-order valence-electron chi connectivity index (χ1n) is 11.9. The molecule has 1 aliphatic rings. The maximum absolute atomic E-state index is 15.2. The molecule has 0 bridgehead atoms. The van der Waals surface area contributed by atoms with Crippen LogP contribution in [0.2, 0.25) is 0 Å². The van der Waals surface area contributed by atoms with Crippen LogP contribution in [-0.4, -0.2) is 48.1 Å². The van der Waals surface area contributed by atoms with Crippen LogP contribution < -0.4 is 0 Å². The Bertz CT molecular complexity index is 1700. The van der Waals surface area contributed by atoms with Gasteiger partial charge in [0.1, 0.15) is 22.7 Å². The lowest BCUT2D eigenvalue weighted by Crippen LogP contribution is -2.18. The number of nitrogens with zero attached hydrogens (tertiary/aromatic N) is 5. The molecule has 1 aliphatic heterocycles. The van der Waals surface area contributed by atoms with Crippen molar-refractivity contribution in [2.45, 2.75) is 19.4 Å². The highest BCUT2D eigenvalue weighted by Gasteiger charge is 2.19. The minimum absolute atomic E-state index is 0.325. The first kappa shape index (κ1) is 21.0. The Morgan fingerprint density at radius 2 is 1.92 bits per heavy atom. The van der Waals surface area contributed by atoms with Crippen LogP contribution in [0.15, 0.2) is 65.9 Å². The minimum atomic E-state index is -0.325. The lowest BCUT2D eigenvalue weighted by molar-refractivity contribution is 0.331. The Morgan fingerprint density at radius 3 is 2.78 bits per heavy atom. The van der Waals surface area contributed by atoms with E-state index in [0.717, 1.165) is 52.9 Å². The third kappa shape index (κ3) is 3.56. The largest absolute Gasteiger partial charge is 0.472 e. The molecule has 2 N–H and O–H groups in total. The van der Waals surface area contributed by atoms with Crippen LogP contribution in [0, 0.1) is 5.82 Å². The van der Waals surface area contributed by atoms with Crippen molar-refractivity contribution in [1.29, 1.82) is 0 Å². The topological polar surface area (TPSA) is 99.5 Å². The number of fused-ring (bicyclic) bond motifs is 2. The highest BCUT2D eigenvalue weighted by Crippen LogP contribution is 2.34. The number of imidazole rings is 1. The van der Waals surface area contributed by atoms with E-state index in [0.29, 0.717) is 28.1 Å². The number of halogens is 1. The Morgan fingerprint density at radius 1 is 1.00 bits per heavy atom. The van der Waals surface area contributed by atoms with E-state index in [2.05, 4.69) is 30.0 Å². The molecule has 1 aromatic carbocycles. The quantitative estimate of drug-likeness (QED) is 0.336. The van der Waals surface area contributed by atoms with E-state index >= 15 is 4.39 Å². The van der Waals surface area contributed by atoms with Crippen molar-refractivity contribution in [2.75, 3.05) is 13.1 Å². The lowest BCUT2D eigenvalue weighted by atomic mass is 10.0. The number of benzene rings is 1. The number of likely N-dealkylation sites (tertiary alicyclic amines) is 1. The van der Waals surface area contributed by atoms with E-state index in [-0.39, 0.29) is 5.82 Å². The van der Waals surface area contributed by atoms with E-state index in [1.165, 1.54) is 18.9 Å². The van der Waals surface area contributed by atoms with E-state index in [4.69, 9.17) is 9.40 Å². The number of H-pyrrole nitrogens is 2. The summed E-state index contributed by atoms with van der Waals surface area (Å²) in [5.41, 5.74) is 6.62. The van der Waals surface area contributed by atoms with E-state index in [1.54, 1.807) is 24.9 Å². The fourth-order valence-corrected chi connectivity index (χ4v) is 5.02. The van der Waals surface area contributed by atoms with Gasteiger partial charge in [-0.15, -0.1) is 0 Å². The van der Waals surface area contributed by atoms with Gasteiger partial charge in [0.25, 0.3) is 0 Å². The maximum Gasteiger partial charge on any atom is 0.159 e. The zero-order valence-electron chi connectivity index (χ0n) is 19.3. The number of rotatable bonds is 5. The number of nitrogens with one attached hydrogen (secondary N) is 2. The van der Waals surface area contributed by atoms with Gasteiger partial charge in [-0.3, -0.25) is 20.0 Å². The Balaban J connectivity index is 1.31. The fraction of sp³-hybridized carbons (Fsp3) is 0.185. The van der Waals surface area contributed by atoms with Gasteiger partial charge >= 0.3 is 0 Å². The molecular weight excluding hydrogens is 457 g/mol. The number of aromatic nitrogens is 6. The van der Waals surface area contributed by atoms with E-state index in [1.807, 2.05) is 30.5 Å². The molecule has 6 aromatic rings. The molecule has 36 heavy (non-hydrogen) atoms. The number of furan rings is 1. The summed E-state index contributed by atoms with van der Waals surface area (Å²) < 4.78 is 20.4. The lowest BCUT2D eigenvalue weighted by Gasteiger charge is -2.15. The van der Waals surface area contributed by atoms with Crippen molar-refractivity contribution < 1.29 is 8.81 Å². The molecule has 178 valence electrons. The summed E-state index contributed by atoms with van der Waals surface area (Å²) in [6.45, 7) is 3.02. The van der Waals surface area contributed by atoms with Crippen molar-refractivity contribution in [3.63, 3.8) is 0 Å². The Labute approximate surface area is 205 Å². The highest BCUT2D eigenvalue weighted by molar-refractivity contribution is 5.97. The standard InChI is InChI=1S/C27H22FN7O/c28-21-11-23-20(10-19(21)18-9-16(12-29-13-18)14-35-6-1-2-7-35)25(34-33-23)27-31-22-3-5-30-24(26(22)32-27)17-4-8-36-15-17/h3-5,8-13,15H,1-2,6-7,14H2,(H,31,32)(H,33,34). The predicted octanol–water partition coefficient (Wildman–Crippen LogP) is 5.56. The molecule has 9 heteroatoms. The van der Waals surface area contributed by atoms with Crippen molar-refractivity contribution in [1.82, 2.24) is 35.0 Å². The molecule has 0 aliphatic carbocycles. The van der Waals surface area contributed by atoms with E-state index in [9.17, 15) is 0 Å². The minimum Gasteiger partial charge on any atom is -0.472 e. The average molecular weight is 480 g/mol. The Hall–Kier alpha value is -4.37. The second kappa shape index (κ2) is 8.39. The van der Waals surface area contributed by atoms with Crippen LogP contribution >= 0.6 is 0 Å². The smallest absolute Gasteiger partial charge is 0.159 e. The molecule has 7 rings (SSSR count). The summed E-state index contributed by atoms with van der Waals surface area (Å²) in [4.78, 5) is 19.4. The number of pyridine rings is 2. The molecule has 6 heterocycles. The van der Waals surface area contributed by atoms with Crippen molar-refractivity contribution in [3.05, 3.63) is 72.8 Å². The number of hydrogen-bond donors (Lipinski definition) is 2. The molecule has 1 fully saturated rings. The van der Waals surface area contributed by atoms with Crippen LogP contribution in [0.3, 0.4) is 0 Å². The second-order valence-electron chi connectivity index (χ2n) is 9.17. The zero-order chi connectivity index (χ0) is 24.1. The first-order chi connectivity index (χ1) is 17.7. The molecule has 5 aromatic heterocycles. The van der Waals surface area contributed by atoms with Crippen molar-refractivity contribution in [3.8, 4) is 33.9 Å². The monoisotopic (exact) mass is 479 g/mol. The van der Waals surface area contributed by atoms with Crippen molar-refractivity contribution in [2.24, 2.45) is 0 Å². The van der Waals surface area contributed by atoms with Crippen LogP contribution in [0.1, 0.15) is 18.4 Å². The number of hydrogen-bond acceptors (Lipinski definition) is 6. The molecule has 0 saturated carbocycles. The molecule has 1 saturated heterocycles. The molecule has 0 unspecified atom stereocenters. The van der Waals surface area contributed by atoms with Crippen LogP contribution in [0.5, 0.6) is 0 Å². The molecule has 0 spiro atoms. The van der Waals surface area contributed by atoms with Crippen LogP contribution in [-0.2, 0) is 6.54 Å². The van der Waals surface area contributed by atoms with Gasteiger partial charge in [0, 0.05) is 53.3 Å². The first-order valence-corrected chi connectivity index (χ1v) is 11.9. The normalized spacial score (nSPS) is 14.4.